The quantitative estimate of drug-likeness (QED) is 0.758. The van der Waals surface area contributed by atoms with E-state index in [0.717, 1.165) is 4.72 Å². The number of ether oxygens (including phenoxy) is 1. The fourth-order valence-corrected chi connectivity index (χ4v) is 1.17. The number of alkyl halides is 8. The summed E-state index contributed by atoms with van der Waals surface area (Å²) >= 11 is 0. The van der Waals surface area contributed by atoms with Gasteiger partial charge in [-0.15, -0.1) is 0 Å². The van der Waals surface area contributed by atoms with Gasteiger partial charge in [0.2, 0.25) is 0 Å². The maximum Gasteiger partial charge on any atom is 0.448 e. The van der Waals surface area contributed by atoms with Crippen molar-refractivity contribution in [3.05, 3.63) is 0 Å². The zero-order valence-corrected chi connectivity index (χ0v) is 9.05. The summed E-state index contributed by atoms with van der Waals surface area (Å²) in [5.74, 6) is 0. The highest BCUT2D eigenvalue weighted by molar-refractivity contribution is 7.90. The second-order valence-electron chi connectivity index (χ2n) is 2.71. The standard InChI is InChI=1S/C5H5F8NO3S/c1-14-18(15,16)5(12,13)4(10,11)17-3(8,9)2(6)7/h2,14H,1H3. The molecule has 0 spiro atoms. The second-order valence-corrected chi connectivity index (χ2v) is 4.63. The predicted molar refractivity (Wildman–Crippen MR) is 39.9 cm³/mol. The Balaban J connectivity index is 5.41. The van der Waals surface area contributed by atoms with Gasteiger partial charge in [0, 0.05) is 0 Å². The van der Waals surface area contributed by atoms with Crippen LogP contribution in [0.5, 0.6) is 0 Å². The molecule has 0 aromatic carbocycles. The summed E-state index contributed by atoms with van der Waals surface area (Å²) in [5.41, 5.74) is 0. The van der Waals surface area contributed by atoms with Crippen LogP contribution in [0.15, 0.2) is 0 Å². The van der Waals surface area contributed by atoms with Crippen LogP contribution in [0.2, 0.25) is 0 Å². The Labute approximate surface area is 94.9 Å². The SMILES string of the molecule is CNS(=O)(=O)C(F)(F)C(F)(F)OC(F)(F)C(F)F. The van der Waals surface area contributed by atoms with Crippen LogP contribution < -0.4 is 4.72 Å². The minimum atomic E-state index is -6.37. The topological polar surface area (TPSA) is 55.4 Å². The lowest BCUT2D eigenvalue weighted by molar-refractivity contribution is -0.435. The van der Waals surface area contributed by atoms with Gasteiger partial charge >= 0.3 is 23.9 Å². The van der Waals surface area contributed by atoms with Crippen LogP contribution >= 0.6 is 0 Å². The summed E-state index contributed by atoms with van der Waals surface area (Å²) < 4.78 is 121. The Hall–Kier alpha value is -0.690. The van der Waals surface area contributed by atoms with E-state index in [-0.39, 0.29) is 7.05 Å². The number of hydrogen-bond donors (Lipinski definition) is 1. The van der Waals surface area contributed by atoms with Gasteiger partial charge in [-0.25, -0.2) is 26.7 Å². The molecule has 0 atom stereocenters. The third kappa shape index (κ3) is 3.00. The summed E-state index contributed by atoms with van der Waals surface area (Å²) in [6, 6.07) is 0. The van der Waals surface area contributed by atoms with E-state index in [4.69, 9.17) is 0 Å². The number of hydrogen-bond acceptors (Lipinski definition) is 3. The first kappa shape index (κ1) is 17.3. The molecule has 1 N–H and O–H groups in total. The Bertz CT molecular complexity index is 394. The van der Waals surface area contributed by atoms with Gasteiger partial charge in [-0.2, -0.15) is 26.3 Å². The lowest BCUT2D eigenvalue weighted by Crippen LogP contribution is -2.55. The van der Waals surface area contributed by atoms with Crippen LogP contribution in [0.1, 0.15) is 0 Å². The molecule has 13 heteroatoms. The van der Waals surface area contributed by atoms with E-state index in [2.05, 4.69) is 0 Å². The van der Waals surface area contributed by atoms with E-state index in [1.54, 1.807) is 0 Å². The van der Waals surface area contributed by atoms with Gasteiger partial charge < -0.3 is 0 Å². The summed E-state index contributed by atoms with van der Waals surface area (Å²) in [4.78, 5) is 0. The molecule has 4 nitrogen and oxygen atoms in total. The molecule has 0 aliphatic heterocycles. The molecule has 18 heavy (non-hydrogen) atoms. The third-order valence-electron chi connectivity index (χ3n) is 1.46. The first-order chi connectivity index (χ1) is 7.71. The molecule has 0 aliphatic rings. The van der Waals surface area contributed by atoms with Crippen LogP contribution in [0.4, 0.5) is 35.1 Å². The van der Waals surface area contributed by atoms with E-state index in [9.17, 15) is 43.5 Å². The molecule has 0 amide bonds. The van der Waals surface area contributed by atoms with E-state index >= 15 is 0 Å². The normalized spacial score (nSPS) is 15.2. The zero-order valence-electron chi connectivity index (χ0n) is 8.23. The number of halogens is 8. The second kappa shape index (κ2) is 4.77. The Morgan fingerprint density at radius 1 is 1.06 bits per heavy atom. The molecule has 110 valence electrons. The highest BCUT2D eigenvalue weighted by Crippen LogP contribution is 2.43. The van der Waals surface area contributed by atoms with Crippen molar-refractivity contribution in [2.24, 2.45) is 0 Å². The maximum atomic E-state index is 12.7. The fourth-order valence-electron chi connectivity index (χ4n) is 0.559. The van der Waals surface area contributed by atoms with Gasteiger partial charge in [-0.1, -0.05) is 0 Å². The van der Waals surface area contributed by atoms with Gasteiger partial charge in [-0.05, 0) is 7.05 Å². The summed E-state index contributed by atoms with van der Waals surface area (Å²) in [7, 11) is -5.81. The first-order valence-corrected chi connectivity index (χ1v) is 5.24. The Kier molecular flexibility index (Phi) is 4.59. The van der Waals surface area contributed by atoms with Crippen LogP contribution in [0, 0.1) is 0 Å². The van der Waals surface area contributed by atoms with Gasteiger partial charge in [-0.3, -0.25) is 0 Å². The number of rotatable bonds is 6. The number of nitrogens with one attached hydrogen (secondary N) is 1. The van der Waals surface area contributed by atoms with Crippen molar-refractivity contribution < 1.29 is 48.3 Å². The Morgan fingerprint density at radius 3 is 1.72 bits per heavy atom. The average molecular weight is 311 g/mol. The van der Waals surface area contributed by atoms with E-state index in [0.29, 0.717) is 0 Å². The number of sulfonamides is 1. The molecule has 0 rings (SSSR count). The van der Waals surface area contributed by atoms with Crippen molar-refractivity contribution >= 4 is 10.0 Å². The molecule has 0 radical (unpaired) electrons. The molecule has 0 saturated heterocycles. The minimum Gasteiger partial charge on any atom is -0.245 e. The molecular formula is C5H5F8NO3S. The fraction of sp³-hybridized carbons (Fsp3) is 1.00. The van der Waals surface area contributed by atoms with Crippen molar-refractivity contribution in [1.29, 1.82) is 0 Å². The van der Waals surface area contributed by atoms with Gasteiger partial charge in [0.15, 0.2) is 0 Å². The molecule has 0 aliphatic carbocycles. The third-order valence-corrected chi connectivity index (χ3v) is 2.91. The minimum absolute atomic E-state index is 0.282. The van der Waals surface area contributed by atoms with Crippen LogP contribution in [-0.2, 0) is 14.8 Å². The zero-order chi connectivity index (χ0) is 15.0. The molecule has 0 fully saturated rings. The molecule has 0 saturated carbocycles. The van der Waals surface area contributed by atoms with Crippen molar-refractivity contribution in [1.82, 2.24) is 4.72 Å². The van der Waals surface area contributed by atoms with Crippen LogP contribution in [-0.4, -0.2) is 39.4 Å². The molecular weight excluding hydrogens is 306 g/mol. The molecule has 0 aromatic rings. The lowest BCUT2D eigenvalue weighted by atomic mass is 10.6. The van der Waals surface area contributed by atoms with Crippen molar-refractivity contribution in [3.63, 3.8) is 0 Å². The van der Waals surface area contributed by atoms with Crippen LogP contribution in [0.25, 0.3) is 0 Å². The highest BCUT2D eigenvalue weighted by atomic mass is 32.2. The largest absolute Gasteiger partial charge is 0.448 e. The van der Waals surface area contributed by atoms with Crippen LogP contribution in [0.3, 0.4) is 0 Å². The summed E-state index contributed by atoms with van der Waals surface area (Å²) in [6.45, 7) is 0. The predicted octanol–water partition coefficient (Wildman–Crippen LogP) is 1.60. The molecule has 0 aromatic heterocycles. The molecule has 0 bridgehead atoms. The van der Waals surface area contributed by atoms with Crippen molar-refractivity contribution in [2.45, 2.75) is 23.9 Å². The van der Waals surface area contributed by atoms with Gasteiger partial charge in [0.25, 0.3) is 10.0 Å². The summed E-state index contributed by atoms with van der Waals surface area (Å²) in [5, 5.41) is -6.17. The van der Waals surface area contributed by atoms with Crippen molar-refractivity contribution in [3.8, 4) is 0 Å². The molecule has 0 unspecified atom stereocenters. The van der Waals surface area contributed by atoms with Gasteiger partial charge in [0.1, 0.15) is 0 Å². The summed E-state index contributed by atoms with van der Waals surface area (Å²) in [6.07, 6.45) is -17.2. The smallest absolute Gasteiger partial charge is 0.245 e. The van der Waals surface area contributed by atoms with E-state index in [1.165, 1.54) is 0 Å². The lowest BCUT2D eigenvalue weighted by Gasteiger charge is -2.28. The van der Waals surface area contributed by atoms with Gasteiger partial charge in [0.05, 0.1) is 0 Å². The van der Waals surface area contributed by atoms with E-state index in [1.807, 2.05) is 4.74 Å². The van der Waals surface area contributed by atoms with Crippen molar-refractivity contribution in [2.75, 3.05) is 7.05 Å². The van der Waals surface area contributed by atoms with E-state index < -0.39 is 33.9 Å². The maximum absolute atomic E-state index is 12.7. The Morgan fingerprint density at radius 2 is 1.44 bits per heavy atom. The highest BCUT2D eigenvalue weighted by Gasteiger charge is 2.71. The monoisotopic (exact) mass is 311 g/mol. The molecule has 0 heterocycles. The first-order valence-electron chi connectivity index (χ1n) is 3.76. The average Bonchev–Trinajstić information content (AvgIpc) is 2.15.